The average Bonchev–Trinajstić information content (AvgIpc) is 3.11. The summed E-state index contributed by atoms with van der Waals surface area (Å²) in [7, 11) is -3.97. The lowest BCUT2D eigenvalue weighted by Gasteiger charge is -2.08. The van der Waals surface area contributed by atoms with Crippen LogP contribution in [0.25, 0.3) is 0 Å². The number of rotatable bonds is 5. The first-order valence-corrected chi connectivity index (χ1v) is 7.87. The average molecular weight is 318 g/mol. The molecule has 6 nitrogen and oxygen atoms in total. The minimum Gasteiger partial charge on any atom is -0.478 e. The molecule has 0 saturated heterocycles. The third-order valence-electron chi connectivity index (χ3n) is 2.78. The summed E-state index contributed by atoms with van der Waals surface area (Å²) in [4.78, 5) is 22.1. The van der Waals surface area contributed by atoms with Gasteiger partial charge in [0.1, 0.15) is 5.75 Å². The van der Waals surface area contributed by atoms with Crippen molar-refractivity contribution in [2.24, 2.45) is 0 Å². The van der Waals surface area contributed by atoms with Gasteiger partial charge in [-0.25, -0.2) is 13.2 Å². The molecule has 8 heteroatoms. The molecule has 0 heterocycles. The first-order chi connectivity index (χ1) is 9.29. The smallest absolute Gasteiger partial charge is 0.335 e. The first-order valence-electron chi connectivity index (χ1n) is 5.84. The van der Waals surface area contributed by atoms with E-state index in [1.165, 1.54) is 12.1 Å². The van der Waals surface area contributed by atoms with Crippen LogP contribution >= 0.6 is 11.6 Å². The van der Waals surface area contributed by atoms with Gasteiger partial charge in [-0.05, 0) is 31.0 Å². The van der Waals surface area contributed by atoms with Crippen molar-refractivity contribution in [1.29, 1.82) is 0 Å². The lowest BCUT2D eigenvalue weighted by molar-refractivity contribution is -0.118. The van der Waals surface area contributed by atoms with Gasteiger partial charge in [-0.2, -0.15) is 0 Å². The number of benzene rings is 1. The Hall–Kier alpha value is -1.60. The number of nitrogens with one attached hydrogen (secondary N) is 1. The van der Waals surface area contributed by atoms with Gasteiger partial charge in [0.15, 0.2) is 9.84 Å². The van der Waals surface area contributed by atoms with E-state index >= 15 is 0 Å². The molecule has 108 valence electrons. The summed E-state index contributed by atoms with van der Waals surface area (Å²) in [6.07, 6.45) is 1.70. The second-order valence-corrected chi connectivity index (χ2v) is 6.92. The Balaban J connectivity index is 2.25. The monoisotopic (exact) mass is 317 g/mol. The molecule has 1 aliphatic carbocycles. The molecule has 1 fully saturated rings. The van der Waals surface area contributed by atoms with E-state index in [0.717, 1.165) is 18.9 Å². The highest BCUT2D eigenvalue weighted by Crippen LogP contribution is 2.24. The predicted octanol–water partition coefficient (Wildman–Crippen LogP) is 1.09. The highest BCUT2D eigenvalue weighted by Gasteiger charge is 2.28. The normalized spacial score (nSPS) is 14.8. The van der Waals surface area contributed by atoms with E-state index in [1.54, 1.807) is 0 Å². The zero-order chi connectivity index (χ0) is 14.9. The third kappa shape index (κ3) is 3.49. The maximum Gasteiger partial charge on any atom is 0.335 e. The second-order valence-electron chi connectivity index (χ2n) is 4.55. The molecule has 0 unspecified atom stereocenters. The molecule has 2 N–H and O–H groups in total. The lowest BCUT2D eigenvalue weighted by Crippen LogP contribution is -2.32. The predicted molar refractivity (Wildman–Crippen MR) is 71.6 cm³/mol. The van der Waals surface area contributed by atoms with Crippen LogP contribution in [-0.2, 0) is 14.6 Å². The van der Waals surface area contributed by atoms with Gasteiger partial charge < -0.3 is 10.4 Å². The molecule has 0 spiro atoms. The van der Waals surface area contributed by atoms with Crippen molar-refractivity contribution in [3.8, 4) is 0 Å². The van der Waals surface area contributed by atoms with Crippen LogP contribution in [0.2, 0.25) is 5.02 Å². The van der Waals surface area contributed by atoms with E-state index in [4.69, 9.17) is 16.7 Å². The molecule has 1 amide bonds. The highest BCUT2D eigenvalue weighted by molar-refractivity contribution is 7.92. The van der Waals surface area contributed by atoms with Crippen molar-refractivity contribution in [3.63, 3.8) is 0 Å². The zero-order valence-corrected chi connectivity index (χ0v) is 11.9. The van der Waals surface area contributed by atoms with Gasteiger partial charge in [-0.3, -0.25) is 4.79 Å². The van der Waals surface area contributed by atoms with Crippen LogP contribution in [0.1, 0.15) is 23.2 Å². The number of carbonyl (C=O) groups excluding carboxylic acids is 1. The van der Waals surface area contributed by atoms with Crippen LogP contribution < -0.4 is 5.32 Å². The molecular weight excluding hydrogens is 306 g/mol. The number of carboxylic acids is 1. The zero-order valence-electron chi connectivity index (χ0n) is 10.3. The van der Waals surface area contributed by atoms with Crippen molar-refractivity contribution in [2.45, 2.75) is 23.8 Å². The van der Waals surface area contributed by atoms with Crippen molar-refractivity contribution in [2.75, 3.05) is 5.75 Å². The molecule has 0 aliphatic heterocycles. The van der Waals surface area contributed by atoms with Crippen LogP contribution in [0, 0.1) is 0 Å². The van der Waals surface area contributed by atoms with E-state index in [2.05, 4.69) is 5.32 Å². The summed E-state index contributed by atoms with van der Waals surface area (Å²) in [6.45, 7) is 0. The van der Waals surface area contributed by atoms with Crippen molar-refractivity contribution in [3.05, 3.63) is 28.8 Å². The van der Waals surface area contributed by atoms with Crippen LogP contribution in [0.5, 0.6) is 0 Å². The number of sulfone groups is 1. The molecule has 1 saturated carbocycles. The molecule has 0 atom stereocenters. The van der Waals surface area contributed by atoms with Gasteiger partial charge in [0.05, 0.1) is 15.5 Å². The third-order valence-corrected chi connectivity index (χ3v) is 4.87. The summed E-state index contributed by atoms with van der Waals surface area (Å²) in [6, 6.07) is 3.41. The van der Waals surface area contributed by atoms with Crippen molar-refractivity contribution < 1.29 is 23.1 Å². The Kier molecular flexibility index (Phi) is 4.01. The molecule has 1 aromatic carbocycles. The number of hydrogen-bond acceptors (Lipinski definition) is 4. The summed E-state index contributed by atoms with van der Waals surface area (Å²) in [5.74, 6) is -2.61. The molecule has 0 aromatic heterocycles. The van der Waals surface area contributed by atoms with E-state index in [-0.39, 0.29) is 21.5 Å². The van der Waals surface area contributed by atoms with Gasteiger partial charge in [-0.1, -0.05) is 11.6 Å². The van der Waals surface area contributed by atoms with Crippen molar-refractivity contribution in [1.82, 2.24) is 5.32 Å². The SMILES string of the molecule is O=C(CS(=O)(=O)c1cc(C(=O)O)ccc1Cl)NC1CC1. The van der Waals surface area contributed by atoms with Gasteiger partial charge in [0.2, 0.25) is 5.91 Å². The standard InChI is InChI=1S/C12H12ClNO5S/c13-9-4-1-7(12(16)17)5-10(9)20(18,19)6-11(15)14-8-2-3-8/h1,4-5,8H,2-3,6H2,(H,14,15)(H,16,17). The Morgan fingerprint density at radius 2 is 2.00 bits per heavy atom. The molecule has 1 aliphatic rings. The Morgan fingerprint density at radius 1 is 1.35 bits per heavy atom. The van der Waals surface area contributed by atoms with E-state index < -0.39 is 27.5 Å². The fraction of sp³-hybridized carbons (Fsp3) is 0.333. The molecule has 0 radical (unpaired) electrons. The molecule has 20 heavy (non-hydrogen) atoms. The minimum absolute atomic E-state index is 0.0542. The molecule has 1 aromatic rings. The number of carboxylic acid groups (broad SMARTS) is 1. The van der Waals surface area contributed by atoms with E-state index in [1.807, 2.05) is 0 Å². The van der Waals surface area contributed by atoms with Crippen LogP contribution in [-0.4, -0.2) is 37.2 Å². The fourth-order valence-electron chi connectivity index (χ4n) is 1.62. The maximum absolute atomic E-state index is 12.1. The Bertz CT molecular complexity index is 666. The van der Waals surface area contributed by atoms with Gasteiger partial charge in [0.25, 0.3) is 0 Å². The van der Waals surface area contributed by atoms with Gasteiger partial charge in [0, 0.05) is 6.04 Å². The quantitative estimate of drug-likeness (QED) is 0.846. The highest BCUT2D eigenvalue weighted by atomic mass is 35.5. The topological polar surface area (TPSA) is 101 Å². The van der Waals surface area contributed by atoms with Gasteiger partial charge >= 0.3 is 5.97 Å². The Labute approximate surface area is 120 Å². The molecular formula is C12H12ClNO5S. The summed E-state index contributed by atoms with van der Waals surface area (Å²) in [5.41, 5.74) is -0.199. The summed E-state index contributed by atoms with van der Waals surface area (Å²) >= 11 is 5.78. The number of halogens is 1. The second kappa shape index (κ2) is 5.41. The number of carbonyl (C=O) groups is 2. The van der Waals surface area contributed by atoms with Crippen LogP contribution in [0.15, 0.2) is 23.1 Å². The largest absolute Gasteiger partial charge is 0.478 e. The number of aromatic carboxylic acids is 1. The van der Waals surface area contributed by atoms with Crippen LogP contribution in [0.4, 0.5) is 0 Å². The molecule has 2 rings (SSSR count). The minimum atomic E-state index is -3.97. The van der Waals surface area contributed by atoms with Crippen molar-refractivity contribution >= 4 is 33.3 Å². The lowest BCUT2D eigenvalue weighted by atomic mass is 10.2. The summed E-state index contributed by atoms with van der Waals surface area (Å²) in [5, 5.41) is 11.3. The first kappa shape index (κ1) is 14.8. The molecule has 0 bridgehead atoms. The van der Waals surface area contributed by atoms with E-state index in [9.17, 15) is 18.0 Å². The van der Waals surface area contributed by atoms with Crippen LogP contribution in [0.3, 0.4) is 0 Å². The number of amides is 1. The maximum atomic E-state index is 12.1. The fourth-order valence-corrected chi connectivity index (χ4v) is 3.35. The number of hydrogen-bond donors (Lipinski definition) is 2. The van der Waals surface area contributed by atoms with E-state index in [0.29, 0.717) is 0 Å². The van der Waals surface area contributed by atoms with Gasteiger partial charge in [-0.15, -0.1) is 0 Å². The Morgan fingerprint density at radius 3 is 2.55 bits per heavy atom. The summed E-state index contributed by atoms with van der Waals surface area (Å²) < 4.78 is 24.2.